The number of nitrogens with one attached hydrogen (secondary N) is 1. The van der Waals surface area contributed by atoms with E-state index in [0.29, 0.717) is 19.6 Å². The molecule has 12 heavy (non-hydrogen) atoms. The Balaban J connectivity index is 2.93. The highest BCUT2D eigenvalue weighted by molar-refractivity contribution is 14.1. The number of rotatable bonds is 0. The molecule has 5 heteroatoms. The fourth-order valence-corrected chi connectivity index (χ4v) is 1.88. The zero-order valence-electron chi connectivity index (χ0n) is 5.74. The molecule has 2 nitrogen and oxygen atoms in total. The van der Waals surface area contributed by atoms with E-state index in [1.165, 1.54) is 6.07 Å². The molecule has 1 aromatic heterocycles. The highest BCUT2D eigenvalue weighted by Crippen LogP contribution is 2.24. The van der Waals surface area contributed by atoms with Crippen LogP contribution in [0.5, 0.6) is 0 Å². The summed E-state index contributed by atoms with van der Waals surface area (Å²) >= 11 is 7.63. The van der Waals surface area contributed by atoms with Crippen molar-refractivity contribution in [2.45, 2.75) is 0 Å². The maximum atomic E-state index is 13.2. The summed E-state index contributed by atoms with van der Waals surface area (Å²) in [5, 5.41) is 7.43. The molecule has 1 heterocycles. The van der Waals surface area contributed by atoms with Gasteiger partial charge in [-0.05, 0) is 34.7 Å². The first-order valence-corrected chi connectivity index (χ1v) is 4.63. The second kappa shape index (κ2) is 2.85. The number of benzene rings is 1. The predicted molar refractivity (Wildman–Crippen MR) is 53.8 cm³/mol. The Morgan fingerprint density at radius 2 is 2.25 bits per heavy atom. The number of halogens is 3. The quantitative estimate of drug-likeness (QED) is 0.744. The van der Waals surface area contributed by atoms with Crippen LogP contribution >= 0.6 is 34.2 Å². The van der Waals surface area contributed by atoms with Gasteiger partial charge >= 0.3 is 0 Å². The second-order valence-electron chi connectivity index (χ2n) is 2.32. The van der Waals surface area contributed by atoms with Gasteiger partial charge in [0, 0.05) is 5.02 Å². The first-order chi connectivity index (χ1) is 5.68. The molecule has 0 bridgehead atoms. The van der Waals surface area contributed by atoms with Crippen LogP contribution in [0.15, 0.2) is 12.1 Å². The predicted octanol–water partition coefficient (Wildman–Crippen LogP) is 2.96. The topological polar surface area (TPSA) is 28.7 Å². The molecule has 62 valence electrons. The van der Waals surface area contributed by atoms with Gasteiger partial charge in [0.05, 0.1) is 10.9 Å². The Hall–Kier alpha value is -0.360. The van der Waals surface area contributed by atoms with Crippen molar-refractivity contribution in [1.82, 2.24) is 10.2 Å². The molecule has 1 N–H and O–H groups in total. The van der Waals surface area contributed by atoms with Gasteiger partial charge in [0.25, 0.3) is 0 Å². The molecule has 0 saturated heterocycles. The number of nitrogens with zero attached hydrogens (tertiary/aromatic N) is 1. The molecule has 2 aromatic rings. The number of fused-ring (bicyclic) bond motifs is 1. The maximum Gasteiger partial charge on any atom is 0.136 e. The fraction of sp³-hybridized carbons (Fsp3) is 0. The lowest BCUT2D eigenvalue weighted by molar-refractivity contribution is 0.639. The fourth-order valence-electron chi connectivity index (χ4n) is 1.03. The van der Waals surface area contributed by atoms with Crippen molar-refractivity contribution < 1.29 is 4.39 Å². The standard InChI is InChI=1S/C7H3ClFIN2/c8-3-1-4(9)6-5(2-3)11-12-7(6)10/h1-2H,(H,11,12). The Bertz CT molecular complexity index is 440. The minimum absolute atomic E-state index is 0.337. The van der Waals surface area contributed by atoms with Crippen LogP contribution in [0.4, 0.5) is 4.39 Å². The Labute approximate surface area is 86.2 Å². The van der Waals surface area contributed by atoms with Gasteiger partial charge in [-0.15, -0.1) is 0 Å². The van der Waals surface area contributed by atoms with Crippen LogP contribution in [-0.4, -0.2) is 10.2 Å². The van der Waals surface area contributed by atoms with E-state index in [-0.39, 0.29) is 5.82 Å². The molecular weight excluding hydrogens is 293 g/mol. The van der Waals surface area contributed by atoms with Gasteiger partial charge in [0.1, 0.15) is 9.52 Å². The summed E-state index contributed by atoms with van der Waals surface area (Å²) < 4.78 is 13.9. The zero-order valence-corrected chi connectivity index (χ0v) is 8.65. The maximum absolute atomic E-state index is 13.2. The van der Waals surface area contributed by atoms with Gasteiger partial charge in [0.15, 0.2) is 0 Å². The number of H-pyrrole nitrogens is 1. The number of aromatic nitrogens is 2. The highest BCUT2D eigenvalue weighted by Gasteiger charge is 2.08. The summed E-state index contributed by atoms with van der Waals surface area (Å²) in [6.45, 7) is 0. The third kappa shape index (κ3) is 1.19. The van der Waals surface area contributed by atoms with Gasteiger partial charge in [0.2, 0.25) is 0 Å². The van der Waals surface area contributed by atoms with Crippen molar-refractivity contribution in [3.63, 3.8) is 0 Å². The van der Waals surface area contributed by atoms with E-state index >= 15 is 0 Å². The molecule has 1 aromatic carbocycles. The lowest BCUT2D eigenvalue weighted by Gasteiger charge is -1.92. The molecule has 0 fully saturated rings. The van der Waals surface area contributed by atoms with Gasteiger partial charge in [-0.3, -0.25) is 5.10 Å². The van der Waals surface area contributed by atoms with Gasteiger partial charge in [-0.25, -0.2) is 4.39 Å². The van der Waals surface area contributed by atoms with E-state index in [1.807, 2.05) is 22.6 Å². The summed E-state index contributed by atoms with van der Waals surface area (Å²) in [5.41, 5.74) is 0.560. The van der Waals surface area contributed by atoms with Crippen molar-refractivity contribution in [2.75, 3.05) is 0 Å². The van der Waals surface area contributed by atoms with E-state index in [1.54, 1.807) is 6.07 Å². The molecule has 0 saturated carbocycles. The van der Waals surface area contributed by atoms with E-state index in [4.69, 9.17) is 11.6 Å². The number of hydrogen-bond donors (Lipinski definition) is 1. The molecule has 2 rings (SSSR count). The second-order valence-corrected chi connectivity index (χ2v) is 3.83. The summed E-state index contributed by atoms with van der Waals surface area (Å²) in [4.78, 5) is 0. The van der Waals surface area contributed by atoms with Crippen molar-refractivity contribution in [1.29, 1.82) is 0 Å². The molecule has 0 atom stereocenters. The SMILES string of the molecule is Fc1cc(Cl)cc2n[nH]c(I)c12. The number of hydrogen-bond acceptors (Lipinski definition) is 1. The first kappa shape index (κ1) is 8.25. The highest BCUT2D eigenvalue weighted by atomic mass is 127. The molecule has 0 unspecified atom stereocenters. The number of aromatic amines is 1. The molecule has 0 aliphatic heterocycles. The third-order valence-corrected chi connectivity index (χ3v) is 2.53. The molecule has 0 spiro atoms. The average Bonchev–Trinajstić information content (AvgIpc) is 2.31. The van der Waals surface area contributed by atoms with Crippen molar-refractivity contribution >= 4 is 45.1 Å². The monoisotopic (exact) mass is 296 g/mol. The van der Waals surface area contributed by atoms with E-state index in [9.17, 15) is 4.39 Å². The largest absolute Gasteiger partial charge is 0.271 e. The smallest absolute Gasteiger partial charge is 0.136 e. The normalized spacial score (nSPS) is 10.9. The summed E-state index contributed by atoms with van der Waals surface area (Å²) in [7, 11) is 0. The molecule has 0 aliphatic carbocycles. The molecule has 0 aliphatic rings. The van der Waals surface area contributed by atoms with Gasteiger partial charge in [-0.1, -0.05) is 11.6 Å². The van der Waals surface area contributed by atoms with Crippen LogP contribution in [0.25, 0.3) is 10.9 Å². The van der Waals surface area contributed by atoms with Gasteiger partial charge in [-0.2, -0.15) is 5.10 Å². The summed E-state index contributed by atoms with van der Waals surface area (Å²) in [6, 6.07) is 2.90. The van der Waals surface area contributed by atoms with E-state index in [2.05, 4.69) is 10.2 Å². The molecule has 0 amide bonds. The molecular formula is C7H3ClFIN2. The van der Waals surface area contributed by atoms with Crippen molar-refractivity contribution in [3.8, 4) is 0 Å². The molecule has 0 radical (unpaired) electrons. The Kier molecular flexibility index (Phi) is 1.96. The van der Waals surface area contributed by atoms with Crippen LogP contribution in [0.1, 0.15) is 0 Å². The lowest BCUT2D eigenvalue weighted by atomic mass is 10.2. The minimum atomic E-state index is -0.337. The van der Waals surface area contributed by atoms with Crippen LogP contribution < -0.4 is 0 Å². The Morgan fingerprint density at radius 1 is 1.50 bits per heavy atom. The minimum Gasteiger partial charge on any atom is -0.271 e. The van der Waals surface area contributed by atoms with Crippen LogP contribution in [0.3, 0.4) is 0 Å². The summed E-state index contributed by atoms with van der Waals surface area (Å²) in [6.07, 6.45) is 0. The van der Waals surface area contributed by atoms with Crippen LogP contribution in [0.2, 0.25) is 5.02 Å². The van der Waals surface area contributed by atoms with E-state index < -0.39 is 0 Å². The van der Waals surface area contributed by atoms with Gasteiger partial charge < -0.3 is 0 Å². The van der Waals surface area contributed by atoms with E-state index in [0.717, 1.165) is 0 Å². The van der Waals surface area contributed by atoms with Crippen LogP contribution in [0, 0.1) is 9.52 Å². The van der Waals surface area contributed by atoms with Crippen LogP contribution in [-0.2, 0) is 0 Å². The van der Waals surface area contributed by atoms with Crippen molar-refractivity contribution in [2.24, 2.45) is 0 Å². The summed E-state index contributed by atoms with van der Waals surface area (Å²) in [5.74, 6) is -0.337. The third-order valence-electron chi connectivity index (χ3n) is 1.53. The lowest BCUT2D eigenvalue weighted by Crippen LogP contribution is -1.78. The first-order valence-electron chi connectivity index (χ1n) is 3.17. The Morgan fingerprint density at radius 3 is 3.00 bits per heavy atom. The van der Waals surface area contributed by atoms with Crippen molar-refractivity contribution in [3.05, 3.63) is 26.7 Å². The zero-order chi connectivity index (χ0) is 8.72. The average molecular weight is 296 g/mol.